The Balaban J connectivity index is 1.83. The van der Waals surface area contributed by atoms with Crippen molar-refractivity contribution in [1.82, 2.24) is 16.1 Å². The van der Waals surface area contributed by atoms with E-state index >= 15 is 0 Å². The number of nitrogens with zero attached hydrogens (tertiary/aromatic N) is 2. The van der Waals surface area contributed by atoms with Gasteiger partial charge in [-0.15, -0.1) is 0 Å². The number of carbonyl (C=O) groups excluding carboxylic acids is 3. The first kappa shape index (κ1) is 32.0. The molecular formula is C29H32N6O8. The normalized spacial score (nSPS) is 12.3. The summed E-state index contributed by atoms with van der Waals surface area (Å²) in [4.78, 5) is 60.4. The van der Waals surface area contributed by atoms with Gasteiger partial charge in [0, 0.05) is 18.9 Å². The number of nitro groups is 2. The molecule has 0 spiro atoms. The van der Waals surface area contributed by atoms with Gasteiger partial charge in [-0.25, -0.2) is 4.79 Å². The summed E-state index contributed by atoms with van der Waals surface area (Å²) in [5.41, 5.74) is 4.04. The average Bonchev–Trinajstić information content (AvgIpc) is 2.95. The van der Waals surface area contributed by atoms with Crippen LogP contribution in [-0.2, 0) is 27.2 Å². The average molecular weight is 593 g/mol. The minimum absolute atomic E-state index is 0.0347. The summed E-state index contributed by atoms with van der Waals surface area (Å²) in [5, 5.41) is 27.8. The van der Waals surface area contributed by atoms with Crippen molar-refractivity contribution >= 4 is 35.0 Å². The number of rotatable bonds is 12. The summed E-state index contributed by atoms with van der Waals surface area (Å²) in [6, 6.07) is 18.3. The van der Waals surface area contributed by atoms with Gasteiger partial charge in [0.05, 0.1) is 15.9 Å². The van der Waals surface area contributed by atoms with Crippen molar-refractivity contribution in [2.75, 3.05) is 5.43 Å². The maximum atomic E-state index is 13.5. The molecule has 14 nitrogen and oxygen atoms in total. The number of carbonyl (C=O) groups is 3. The van der Waals surface area contributed by atoms with Gasteiger partial charge in [0.2, 0.25) is 5.91 Å². The van der Waals surface area contributed by atoms with Crippen LogP contribution in [0.1, 0.15) is 31.9 Å². The summed E-state index contributed by atoms with van der Waals surface area (Å²) >= 11 is 0. The van der Waals surface area contributed by atoms with Crippen molar-refractivity contribution in [2.24, 2.45) is 0 Å². The molecule has 43 heavy (non-hydrogen) atoms. The molecule has 0 aromatic heterocycles. The van der Waals surface area contributed by atoms with Gasteiger partial charge in [-0.3, -0.25) is 40.7 Å². The highest BCUT2D eigenvalue weighted by atomic mass is 16.6. The molecule has 0 aliphatic rings. The van der Waals surface area contributed by atoms with E-state index in [1.165, 1.54) is 0 Å². The standard InChI is InChI=1S/C29H32N6O8/c1-29(2,3)43-28(38)31-23(16-19-10-6-4-7-11-19)26(36)30-24(17-20-12-8-5-9-13-20)27(37)33-32-22-15-14-21(34(39)40)18-25(22)35(41)42/h4-15,18,23-24,32H,16-17H2,1-3H3,(H,30,36)(H,31,38)(H,33,37)/t23-,24+/m1/s1. The minimum atomic E-state index is -1.20. The van der Waals surface area contributed by atoms with Crippen LogP contribution < -0.4 is 21.5 Å². The molecule has 3 amide bonds. The van der Waals surface area contributed by atoms with Crippen LogP contribution in [0.2, 0.25) is 0 Å². The molecule has 14 heteroatoms. The molecule has 2 atom stereocenters. The third-order valence-corrected chi connectivity index (χ3v) is 5.91. The van der Waals surface area contributed by atoms with Crippen LogP contribution >= 0.6 is 0 Å². The largest absolute Gasteiger partial charge is 0.444 e. The van der Waals surface area contributed by atoms with Crippen LogP contribution in [0.15, 0.2) is 78.9 Å². The first-order valence-corrected chi connectivity index (χ1v) is 13.2. The Morgan fingerprint density at radius 1 is 0.767 bits per heavy atom. The molecule has 0 fully saturated rings. The number of nitro benzene ring substituents is 2. The molecule has 0 saturated heterocycles. The maximum absolute atomic E-state index is 13.5. The fourth-order valence-electron chi connectivity index (χ4n) is 3.95. The molecule has 0 aliphatic heterocycles. The summed E-state index contributed by atoms with van der Waals surface area (Å²) in [6.45, 7) is 5.05. The van der Waals surface area contributed by atoms with Gasteiger partial charge in [0.1, 0.15) is 23.4 Å². The van der Waals surface area contributed by atoms with Gasteiger partial charge in [-0.1, -0.05) is 60.7 Å². The fraction of sp³-hybridized carbons (Fsp3) is 0.276. The van der Waals surface area contributed by atoms with Gasteiger partial charge >= 0.3 is 11.8 Å². The van der Waals surface area contributed by atoms with Gasteiger partial charge in [-0.05, 0) is 38.0 Å². The Labute approximate surface area is 247 Å². The number of non-ortho nitro benzene ring substituents is 1. The minimum Gasteiger partial charge on any atom is -0.444 e. The zero-order valence-electron chi connectivity index (χ0n) is 23.7. The van der Waals surface area contributed by atoms with Crippen LogP contribution in [-0.4, -0.2) is 45.4 Å². The number of amides is 3. The highest BCUT2D eigenvalue weighted by molar-refractivity contribution is 5.92. The van der Waals surface area contributed by atoms with E-state index in [1.54, 1.807) is 75.4 Å². The number of anilines is 1. The first-order chi connectivity index (χ1) is 20.3. The summed E-state index contributed by atoms with van der Waals surface area (Å²) in [5.74, 6) is -1.44. The lowest BCUT2D eigenvalue weighted by atomic mass is 10.0. The van der Waals surface area contributed by atoms with Crippen molar-refractivity contribution < 1.29 is 29.0 Å². The van der Waals surface area contributed by atoms with E-state index in [0.29, 0.717) is 5.56 Å². The molecule has 0 radical (unpaired) electrons. The van der Waals surface area contributed by atoms with Gasteiger partial charge in [-0.2, -0.15) is 0 Å². The first-order valence-electron chi connectivity index (χ1n) is 13.2. The second kappa shape index (κ2) is 14.4. The zero-order valence-corrected chi connectivity index (χ0v) is 23.7. The third kappa shape index (κ3) is 10.1. The van der Waals surface area contributed by atoms with Crippen molar-refractivity contribution in [3.8, 4) is 0 Å². The third-order valence-electron chi connectivity index (χ3n) is 5.91. The second-order valence-corrected chi connectivity index (χ2v) is 10.5. The van der Waals surface area contributed by atoms with Crippen molar-refractivity contribution in [2.45, 2.75) is 51.3 Å². The molecule has 3 aromatic rings. The van der Waals surface area contributed by atoms with E-state index < -0.39 is 56.8 Å². The van der Waals surface area contributed by atoms with Crippen LogP contribution in [0.4, 0.5) is 21.9 Å². The topological polar surface area (TPSA) is 195 Å². The van der Waals surface area contributed by atoms with Gasteiger partial charge in [0.25, 0.3) is 11.6 Å². The monoisotopic (exact) mass is 592 g/mol. The van der Waals surface area contributed by atoms with E-state index in [4.69, 9.17) is 4.74 Å². The Morgan fingerprint density at radius 2 is 1.30 bits per heavy atom. The van der Waals surface area contributed by atoms with E-state index in [1.807, 2.05) is 6.07 Å². The quantitative estimate of drug-likeness (QED) is 0.179. The number of benzene rings is 3. The molecule has 0 bridgehead atoms. The number of hydrogen-bond acceptors (Lipinski definition) is 9. The lowest BCUT2D eigenvalue weighted by Crippen LogP contribution is -2.56. The maximum Gasteiger partial charge on any atom is 0.408 e. The Hall–Kier alpha value is -5.53. The lowest BCUT2D eigenvalue weighted by Gasteiger charge is -2.25. The van der Waals surface area contributed by atoms with Crippen molar-refractivity contribution in [1.29, 1.82) is 0 Å². The summed E-state index contributed by atoms with van der Waals surface area (Å²) in [6.07, 6.45) is -0.689. The number of hydrazine groups is 1. The van der Waals surface area contributed by atoms with Crippen LogP contribution in [0.25, 0.3) is 0 Å². The smallest absolute Gasteiger partial charge is 0.408 e. The molecular weight excluding hydrogens is 560 g/mol. The Morgan fingerprint density at radius 3 is 1.79 bits per heavy atom. The van der Waals surface area contributed by atoms with Crippen molar-refractivity contribution in [3.63, 3.8) is 0 Å². The molecule has 226 valence electrons. The predicted molar refractivity (Wildman–Crippen MR) is 157 cm³/mol. The van der Waals surface area contributed by atoms with Gasteiger partial charge in [0.15, 0.2) is 0 Å². The molecule has 0 aliphatic carbocycles. The lowest BCUT2D eigenvalue weighted by molar-refractivity contribution is -0.393. The van der Waals surface area contributed by atoms with E-state index in [9.17, 15) is 34.6 Å². The molecule has 0 saturated carbocycles. The van der Waals surface area contributed by atoms with Crippen LogP contribution in [0, 0.1) is 20.2 Å². The second-order valence-electron chi connectivity index (χ2n) is 10.5. The molecule has 0 unspecified atom stereocenters. The van der Waals surface area contributed by atoms with E-state index in [0.717, 1.165) is 23.8 Å². The molecule has 3 aromatic carbocycles. The number of alkyl carbamates (subject to hydrolysis) is 1. The fourth-order valence-corrected chi connectivity index (χ4v) is 3.95. The summed E-state index contributed by atoms with van der Waals surface area (Å²) < 4.78 is 5.33. The molecule has 3 rings (SSSR count). The Bertz CT molecular complexity index is 1460. The van der Waals surface area contributed by atoms with E-state index in [2.05, 4.69) is 21.5 Å². The highest BCUT2D eigenvalue weighted by Crippen LogP contribution is 2.28. The number of nitrogens with one attached hydrogen (secondary N) is 4. The van der Waals surface area contributed by atoms with Crippen molar-refractivity contribution in [3.05, 3.63) is 110 Å². The van der Waals surface area contributed by atoms with Crippen LogP contribution in [0.5, 0.6) is 0 Å². The Kier molecular flexibility index (Phi) is 10.7. The SMILES string of the molecule is CC(C)(C)OC(=O)N[C@H](Cc1ccccc1)C(=O)N[C@@H](Cc1ccccc1)C(=O)NNc1ccc([N+](=O)[O-])cc1[N+](=O)[O-]. The number of ether oxygens (including phenoxy) is 1. The highest BCUT2D eigenvalue weighted by Gasteiger charge is 2.29. The van der Waals surface area contributed by atoms with Gasteiger partial charge < -0.3 is 15.4 Å². The molecule has 4 N–H and O–H groups in total. The van der Waals surface area contributed by atoms with E-state index in [-0.39, 0.29) is 18.5 Å². The summed E-state index contributed by atoms with van der Waals surface area (Å²) in [7, 11) is 0. The molecule has 0 heterocycles. The zero-order chi connectivity index (χ0) is 31.6. The number of hydrogen-bond donors (Lipinski definition) is 4. The predicted octanol–water partition coefficient (Wildman–Crippen LogP) is 3.81. The van der Waals surface area contributed by atoms with Crippen LogP contribution in [0.3, 0.4) is 0 Å².